The highest BCUT2D eigenvalue weighted by Crippen LogP contribution is 2.40. The first-order chi connectivity index (χ1) is 15.9. The predicted octanol–water partition coefficient (Wildman–Crippen LogP) is 3.41. The first-order valence-electron chi connectivity index (χ1n) is 10.9. The van der Waals surface area contributed by atoms with Crippen LogP contribution in [0.3, 0.4) is 0 Å². The fraction of sp³-hybridized carbons (Fsp3) is 0.360. The van der Waals surface area contributed by atoms with Crippen molar-refractivity contribution in [1.82, 2.24) is 9.80 Å². The zero-order valence-electron chi connectivity index (χ0n) is 18.7. The van der Waals surface area contributed by atoms with Crippen LogP contribution in [0.2, 0.25) is 5.02 Å². The zero-order chi connectivity index (χ0) is 23.5. The van der Waals surface area contributed by atoms with E-state index in [1.807, 2.05) is 31.2 Å². The van der Waals surface area contributed by atoms with E-state index in [-0.39, 0.29) is 11.3 Å². The number of carbonyl (C=O) groups excluding carboxylic acids is 2. The Morgan fingerprint density at radius 1 is 1.12 bits per heavy atom. The molecule has 2 heterocycles. The number of aliphatic hydroxyl groups is 1. The van der Waals surface area contributed by atoms with Crippen molar-refractivity contribution in [2.75, 3.05) is 46.5 Å². The fourth-order valence-electron chi connectivity index (χ4n) is 4.25. The molecule has 0 spiro atoms. The maximum absolute atomic E-state index is 13.1. The first kappa shape index (κ1) is 23.3. The molecule has 0 saturated carbocycles. The second-order valence-corrected chi connectivity index (χ2v) is 8.61. The number of likely N-dealkylation sites (tertiary alicyclic amines) is 1. The Morgan fingerprint density at radius 2 is 1.82 bits per heavy atom. The lowest BCUT2D eigenvalue weighted by molar-refractivity contribution is -0.140. The third-order valence-corrected chi connectivity index (χ3v) is 6.41. The average molecular weight is 471 g/mol. The number of rotatable bonds is 6. The summed E-state index contributed by atoms with van der Waals surface area (Å²) in [6, 6.07) is 11.7. The van der Waals surface area contributed by atoms with Crippen LogP contribution in [-0.2, 0) is 14.3 Å². The van der Waals surface area contributed by atoms with Crippen molar-refractivity contribution in [2.24, 2.45) is 0 Å². The van der Waals surface area contributed by atoms with Gasteiger partial charge < -0.3 is 19.5 Å². The molecule has 174 valence electrons. The van der Waals surface area contributed by atoms with Gasteiger partial charge in [0.25, 0.3) is 11.7 Å². The molecule has 0 unspecified atom stereocenters. The minimum atomic E-state index is -0.702. The summed E-state index contributed by atoms with van der Waals surface area (Å²) in [6.07, 6.45) is 0. The second kappa shape index (κ2) is 9.95. The Labute approximate surface area is 198 Å². The van der Waals surface area contributed by atoms with E-state index in [2.05, 4.69) is 4.90 Å². The van der Waals surface area contributed by atoms with Crippen LogP contribution in [0, 0.1) is 6.92 Å². The number of aliphatic hydroxyl groups excluding tert-OH is 1. The smallest absolute Gasteiger partial charge is 0.295 e. The van der Waals surface area contributed by atoms with E-state index in [1.165, 1.54) is 13.2 Å². The molecule has 0 bridgehead atoms. The molecular formula is C25H27ClN2O5. The molecule has 2 fully saturated rings. The molecule has 2 aliphatic heterocycles. The Morgan fingerprint density at radius 3 is 2.45 bits per heavy atom. The lowest BCUT2D eigenvalue weighted by Gasteiger charge is -2.31. The van der Waals surface area contributed by atoms with Crippen LogP contribution in [0.5, 0.6) is 5.75 Å². The molecule has 2 aliphatic rings. The van der Waals surface area contributed by atoms with E-state index in [0.717, 1.165) is 24.2 Å². The molecule has 0 radical (unpaired) electrons. The molecule has 2 aromatic rings. The number of amides is 1. The van der Waals surface area contributed by atoms with Gasteiger partial charge in [0.1, 0.15) is 11.5 Å². The predicted molar refractivity (Wildman–Crippen MR) is 125 cm³/mol. The number of methoxy groups -OCH3 is 1. The third-order valence-electron chi connectivity index (χ3n) is 6.12. The molecule has 1 atom stereocenters. The third kappa shape index (κ3) is 4.76. The van der Waals surface area contributed by atoms with Gasteiger partial charge in [-0.1, -0.05) is 41.4 Å². The van der Waals surface area contributed by atoms with Gasteiger partial charge in [0.15, 0.2) is 0 Å². The molecule has 7 nitrogen and oxygen atoms in total. The summed E-state index contributed by atoms with van der Waals surface area (Å²) in [5.41, 5.74) is 2.24. The molecule has 0 aliphatic carbocycles. The number of hydrogen-bond acceptors (Lipinski definition) is 6. The van der Waals surface area contributed by atoms with Crippen LogP contribution in [0.4, 0.5) is 0 Å². The Hall–Kier alpha value is -2.87. The number of halogens is 1. The number of morpholine rings is 1. The molecule has 1 N–H and O–H groups in total. The van der Waals surface area contributed by atoms with E-state index < -0.39 is 17.7 Å². The van der Waals surface area contributed by atoms with Gasteiger partial charge in [-0.25, -0.2) is 0 Å². The normalized spacial score (nSPS) is 20.9. The summed E-state index contributed by atoms with van der Waals surface area (Å²) < 4.78 is 10.6. The van der Waals surface area contributed by atoms with Crippen LogP contribution in [0.1, 0.15) is 22.7 Å². The van der Waals surface area contributed by atoms with Crippen molar-refractivity contribution in [2.45, 2.75) is 13.0 Å². The zero-order valence-corrected chi connectivity index (χ0v) is 19.5. The highest BCUT2D eigenvalue weighted by molar-refractivity contribution is 6.46. The molecule has 2 aromatic carbocycles. The lowest BCUT2D eigenvalue weighted by atomic mass is 9.94. The maximum atomic E-state index is 13.1. The second-order valence-electron chi connectivity index (χ2n) is 8.21. The van der Waals surface area contributed by atoms with Gasteiger partial charge in [-0.3, -0.25) is 14.5 Å². The van der Waals surface area contributed by atoms with Crippen molar-refractivity contribution in [3.05, 3.63) is 69.8 Å². The molecular weight excluding hydrogens is 444 g/mol. The minimum Gasteiger partial charge on any atom is -0.507 e. The van der Waals surface area contributed by atoms with Crippen LogP contribution in [-0.4, -0.2) is 73.1 Å². The van der Waals surface area contributed by atoms with Gasteiger partial charge in [-0.15, -0.1) is 0 Å². The van der Waals surface area contributed by atoms with Crippen molar-refractivity contribution in [3.63, 3.8) is 0 Å². The van der Waals surface area contributed by atoms with Gasteiger partial charge >= 0.3 is 0 Å². The van der Waals surface area contributed by atoms with Crippen LogP contribution < -0.4 is 4.74 Å². The molecule has 4 rings (SSSR count). The summed E-state index contributed by atoms with van der Waals surface area (Å²) in [7, 11) is 1.50. The molecule has 2 saturated heterocycles. The number of ether oxygens (including phenoxy) is 2. The van der Waals surface area contributed by atoms with Gasteiger partial charge in [-0.05, 0) is 30.7 Å². The fourth-order valence-corrected chi connectivity index (χ4v) is 4.51. The van der Waals surface area contributed by atoms with Gasteiger partial charge in [0.05, 0.1) is 37.0 Å². The minimum absolute atomic E-state index is 0.0621. The van der Waals surface area contributed by atoms with E-state index in [9.17, 15) is 14.7 Å². The Kier molecular flexibility index (Phi) is 7.02. The van der Waals surface area contributed by atoms with Gasteiger partial charge in [-0.2, -0.15) is 0 Å². The maximum Gasteiger partial charge on any atom is 0.295 e. The van der Waals surface area contributed by atoms with Crippen molar-refractivity contribution in [3.8, 4) is 5.75 Å². The molecule has 0 aromatic heterocycles. The molecule has 8 heteroatoms. The Bertz CT molecular complexity index is 1080. The summed E-state index contributed by atoms with van der Waals surface area (Å²) in [5, 5.41) is 11.5. The van der Waals surface area contributed by atoms with E-state index >= 15 is 0 Å². The number of benzene rings is 2. The SMILES string of the molecule is COc1ccc(C(O)=C2C(=O)C(=O)N(CCN3CCOCC3)[C@@H]2c2ccc(C)cc2)cc1Cl. The van der Waals surface area contributed by atoms with Crippen LogP contribution in [0.15, 0.2) is 48.0 Å². The molecule has 33 heavy (non-hydrogen) atoms. The lowest BCUT2D eigenvalue weighted by Crippen LogP contribution is -2.42. The summed E-state index contributed by atoms with van der Waals surface area (Å²) in [6.45, 7) is 5.82. The number of nitrogens with zero attached hydrogens (tertiary/aromatic N) is 2. The monoisotopic (exact) mass is 470 g/mol. The van der Waals surface area contributed by atoms with Crippen LogP contribution >= 0.6 is 11.6 Å². The number of ketones is 1. The standard InChI is InChI=1S/C25H27ClN2O5/c1-16-3-5-17(6-4-16)22-21(23(29)18-7-8-20(32-2)19(26)15-18)24(30)25(31)28(22)10-9-27-11-13-33-14-12-27/h3-8,15,22,29H,9-14H2,1-2H3/t22-/m1/s1. The highest BCUT2D eigenvalue weighted by atomic mass is 35.5. The van der Waals surface area contributed by atoms with Gasteiger partial charge in [0, 0.05) is 31.7 Å². The summed E-state index contributed by atoms with van der Waals surface area (Å²) in [5.74, 6) is -1.12. The molecule has 1 amide bonds. The average Bonchev–Trinajstić information content (AvgIpc) is 3.08. The Balaban J connectivity index is 1.74. The number of carbonyl (C=O) groups is 2. The van der Waals surface area contributed by atoms with E-state index in [1.54, 1.807) is 17.0 Å². The number of Topliss-reactive ketones (excluding diaryl/α,β-unsaturated/α-hetero) is 1. The van der Waals surface area contributed by atoms with Crippen LogP contribution in [0.25, 0.3) is 5.76 Å². The summed E-state index contributed by atoms with van der Waals surface area (Å²) >= 11 is 6.24. The highest BCUT2D eigenvalue weighted by Gasteiger charge is 2.46. The summed E-state index contributed by atoms with van der Waals surface area (Å²) in [4.78, 5) is 30.0. The largest absolute Gasteiger partial charge is 0.507 e. The number of aryl methyl sites for hydroxylation is 1. The van der Waals surface area contributed by atoms with Crippen molar-refractivity contribution >= 4 is 29.1 Å². The topological polar surface area (TPSA) is 79.3 Å². The van der Waals surface area contributed by atoms with E-state index in [0.29, 0.717) is 42.6 Å². The van der Waals surface area contributed by atoms with E-state index in [4.69, 9.17) is 21.1 Å². The number of hydrogen-bond donors (Lipinski definition) is 1. The van der Waals surface area contributed by atoms with Crippen molar-refractivity contribution < 1.29 is 24.2 Å². The first-order valence-corrected chi connectivity index (χ1v) is 11.3. The van der Waals surface area contributed by atoms with Crippen molar-refractivity contribution in [1.29, 1.82) is 0 Å². The van der Waals surface area contributed by atoms with Gasteiger partial charge in [0.2, 0.25) is 0 Å². The quantitative estimate of drug-likeness (QED) is 0.396.